The molecule has 3 saturated carbocycles. The Morgan fingerprint density at radius 3 is 2.63 bits per heavy atom. The Bertz CT molecular complexity index is 923. The lowest BCUT2D eigenvalue weighted by Crippen LogP contribution is -2.59. The normalized spacial score (nSPS) is 44.0. The van der Waals surface area contributed by atoms with Gasteiger partial charge in [0.1, 0.15) is 5.82 Å². The number of aryl methyl sites for hydroxylation is 1. The summed E-state index contributed by atoms with van der Waals surface area (Å²) in [4.78, 5) is 22.8. The average Bonchev–Trinajstić information content (AvgIpc) is 2.98. The quantitative estimate of drug-likeness (QED) is 0.769. The van der Waals surface area contributed by atoms with Crippen molar-refractivity contribution >= 4 is 12.0 Å². The Kier molecular flexibility index (Phi) is 4.48. The van der Waals surface area contributed by atoms with Crippen molar-refractivity contribution < 1.29 is 9.90 Å². The Morgan fingerprint density at radius 2 is 1.90 bits per heavy atom. The second-order valence-electron chi connectivity index (χ2n) is 10.6. The zero-order chi connectivity index (χ0) is 21.3. The van der Waals surface area contributed by atoms with E-state index in [4.69, 9.17) is 0 Å². The lowest BCUT2D eigenvalue weighted by Gasteiger charge is -2.59. The summed E-state index contributed by atoms with van der Waals surface area (Å²) in [7, 11) is 1.96. The highest BCUT2D eigenvalue weighted by Crippen LogP contribution is 2.64. The molecule has 1 aromatic heterocycles. The number of fused-ring (bicyclic) bond motifs is 5. The number of hydrogen-bond donors (Lipinski definition) is 1. The second kappa shape index (κ2) is 6.74. The van der Waals surface area contributed by atoms with E-state index in [1.807, 2.05) is 31.3 Å². The highest BCUT2D eigenvalue weighted by Gasteiger charge is 2.61. The number of aliphatic hydroxyl groups is 1. The number of carbonyl (C=O) groups excluding carboxylic acids is 1. The van der Waals surface area contributed by atoms with E-state index in [1.165, 1.54) is 0 Å². The molecule has 7 atom stereocenters. The maximum atomic E-state index is 12.3. The Hall–Kier alpha value is -2.01. The molecule has 160 valence electrons. The summed E-state index contributed by atoms with van der Waals surface area (Å²) in [6.45, 7) is 6.55. The molecule has 4 aliphatic rings. The third-order valence-electron chi connectivity index (χ3n) is 9.15. The predicted octanol–water partition coefficient (Wildman–Crippen LogP) is 3.78. The molecule has 1 N–H and O–H groups in total. The van der Waals surface area contributed by atoms with Gasteiger partial charge in [-0.3, -0.25) is 4.79 Å². The van der Waals surface area contributed by atoms with E-state index in [0.29, 0.717) is 23.8 Å². The molecule has 30 heavy (non-hydrogen) atoms. The monoisotopic (exact) mass is 407 g/mol. The van der Waals surface area contributed by atoms with Crippen molar-refractivity contribution in [1.82, 2.24) is 14.9 Å². The average molecular weight is 408 g/mol. The zero-order valence-corrected chi connectivity index (χ0v) is 18.5. The Labute approximate surface area is 179 Å². The minimum Gasteiger partial charge on any atom is -0.388 e. The molecule has 2 heterocycles. The van der Waals surface area contributed by atoms with Crippen LogP contribution in [0.5, 0.6) is 0 Å². The van der Waals surface area contributed by atoms with Gasteiger partial charge in [-0.1, -0.05) is 26.0 Å². The highest BCUT2D eigenvalue weighted by molar-refractivity contribution is 5.89. The molecular formula is C25H33N3O2. The summed E-state index contributed by atoms with van der Waals surface area (Å²) in [5, 5.41) is 11.3. The molecule has 5 nitrogen and oxygen atoms in total. The second-order valence-corrected chi connectivity index (χ2v) is 10.6. The van der Waals surface area contributed by atoms with Crippen LogP contribution in [0.2, 0.25) is 0 Å². The molecule has 3 aliphatic carbocycles. The molecule has 0 saturated heterocycles. The molecule has 5 rings (SSSR count). The standard InChI is InChI=1S/C25H33N3O2/c1-15-26-13-16(14-27-15)11-17-12-20-18-5-6-21-24(2,10-8-22(29)28(21)4)19(18)7-9-25(20,3)23(17)30/h8,10-11,13-14,18-21,23,30H,5-7,9,12H2,1-4H3/t18-,19+,20+,21-,23+,24-,25+/m1/s1. The van der Waals surface area contributed by atoms with Crippen molar-refractivity contribution in [1.29, 1.82) is 0 Å². The summed E-state index contributed by atoms with van der Waals surface area (Å²) in [5.41, 5.74) is 2.07. The number of amides is 1. The zero-order valence-electron chi connectivity index (χ0n) is 18.5. The van der Waals surface area contributed by atoms with Crippen molar-refractivity contribution in [2.45, 2.75) is 65.0 Å². The third kappa shape index (κ3) is 2.74. The van der Waals surface area contributed by atoms with Crippen molar-refractivity contribution in [3.05, 3.63) is 41.5 Å². The van der Waals surface area contributed by atoms with Gasteiger partial charge in [0.25, 0.3) is 0 Å². The fraction of sp³-hybridized carbons (Fsp3) is 0.640. The van der Waals surface area contributed by atoms with Crippen molar-refractivity contribution in [2.75, 3.05) is 7.05 Å². The van der Waals surface area contributed by atoms with Gasteiger partial charge in [0.15, 0.2) is 0 Å². The van der Waals surface area contributed by atoms with E-state index in [9.17, 15) is 9.90 Å². The molecule has 3 fully saturated rings. The molecule has 0 radical (unpaired) electrons. The molecule has 5 heteroatoms. The van der Waals surface area contributed by atoms with Crippen LogP contribution in [0.4, 0.5) is 0 Å². The topological polar surface area (TPSA) is 66.3 Å². The molecule has 1 aromatic rings. The van der Waals surface area contributed by atoms with Crippen molar-refractivity contribution in [3.8, 4) is 0 Å². The minimum atomic E-state index is -0.401. The number of likely N-dealkylation sites (N-methyl/N-ethyl adjacent to an activating group) is 1. The van der Waals surface area contributed by atoms with Crippen LogP contribution in [0.1, 0.15) is 57.3 Å². The van der Waals surface area contributed by atoms with Crippen LogP contribution in [-0.4, -0.2) is 45.1 Å². The van der Waals surface area contributed by atoms with E-state index in [1.54, 1.807) is 6.08 Å². The predicted molar refractivity (Wildman–Crippen MR) is 116 cm³/mol. The van der Waals surface area contributed by atoms with E-state index in [2.05, 4.69) is 36.0 Å². The van der Waals surface area contributed by atoms with Crippen LogP contribution >= 0.6 is 0 Å². The highest BCUT2D eigenvalue weighted by atomic mass is 16.3. The van der Waals surface area contributed by atoms with Gasteiger partial charge >= 0.3 is 0 Å². The van der Waals surface area contributed by atoms with Crippen LogP contribution in [-0.2, 0) is 4.79 Å². The molecule has 0 unspecified atom stereocenters. The molecule has 0 spiro atoms. The maximum absolute atomic E-state index is 12.3. The number of hydrogen-bond acceptors (Lipinski definition) is 4. The molecule has 1 amide bonds. The summed E-state index contributed by atoms with van der Waals surface area (Å²) in [5.74, 6) is 2.54. The van der Waals surface area contributed by atoms with Gasteiger partial charge < -0.3 is 10.0 Å². The molecule has 0 aromatic carbocycles. The van der Waals surface area contributed by atoms with Crippen LogP contribution in [0.25, 0.3) is 6.08 Å². The fourth-order valence-corrected chi connectivity index (χ4v) is 7.43. The number of carbonyl (C=O) groups is 1. The number of nitrogens with zero attached hydrogens (tertiary/aromatic N) is 3. The van der Waals surface area contributed by atoms with E-state index >= 15 is 0 Å². The van der Waals surface area contributed by atoms with Gasteiger partial charge in [0, 0.05) is 41.9 Å². The first kappa shape index (κ1) is 19.9. The number of aromatic nitrogens is 2. The van der Waals surface area contributed by atoms with E-state index in [-0.39, 0.29) is 16.7 Å². The lowest BCUT2D eigenvalue weighted by atomic mass is 9.48. The van der Waals surface area contributed by atoms with Gasteiger partial charge in [-0.05, 0) is 68.4 Å². The largest absolute Gasteiger partial charge is 0.388 e. The smallest absolute Gasteiger partial charge is 0.246 e. The van der Waals surface area contributed by atoms with Gasteiger partial charge in [0.2, 0.25) is 5.91 Å². The molecule has 0 bridgehead atoms. The van der Waals surface area contributed by atoms with E-state index < -0.39 is 6.10 Å². The molecule has 1 aliphatic heterocycles. The van der Waals surface area contributed by atoms with Gasteiger partial charge in [-0.2, -0.15) is 0 Å². The number of aliphatic hydroxyl groups excluding tert-OH is 1. The van der Waals surface area contributed by atoms with Crippen LogP contribution in [0.3, 0.4) is 0 Å². The fourth-order valence-electron chi connectivity index (χ4n) is 7.43. The summed E-state index contributed by atoms with van der Waals surface area (Å²) < 4.78 is 0. The summed E-state index contributed by atoms with van der Waals surface area (Å²) >= 11 is 0. The first-order valence-electron chi connectivity index (χ1n) is 11.4. The van der Waals surface area contributed by atoms with Crippen LogP contribution < -0.4 is 0 Å². The third-order valence-corrected chi connectivity index (χ3v) is 9.15. The van der Waals surface area contributed by atoms with Gasteiger partial charge in [-0.25, -0.2) is 9.97 Å². The summed E-state index contributed by atoms with van der Waals surface area (Å²) in [6, 6.07) is 0.298. The van der Waals surface area contributed by atoms with E-state index in [0.717, 1.165) is 49.1 Å². The maximum Gasteiger partial charge on any atom is 0.246 e. The lowest BCUT2D eigenvalue weighted by molar-refractivity contribution is -0.140. The number of rotatable bonds is 1. The van der Waals surface area contributed by atoms with Gasteiger partial charge in [-0.15, -0.1) is 0 Å². The first-order chi connectivity index (χ1) is 14.2. The SMILES string of the molecule is Cc1ncc(C=C2C[C@H]3[C@@H]4CC[C@H]5N(C)C(=O)C=C[C@]5(C)[C@H]4CC[C@]3(C)[C@H]2O)cn1. The Morgan fingerprint density at radius 1 is 1.17 bits per heavy atom. The van der Waals surface area contributed by atoms with Crippen LogP contribution in [0.15, 0.2) is 30.1 Å². The Balaban J connectivity index is 1.47. The molecular weight excluding hydrogens is 374 g/mol. The van der Waals surface area contributed by atoms with Crippen molar-refractivity contribution in [3.63, 3.8) is 0 Å². The summed E-state index contributed by atoms with van der Waals surface area (Å²) in [6.07, 6.45) is 14.7. The van der Waals surface area contributed by atoms with Crippen LogP contribution in [0, 0.1) is 35.5 Å². The van der Waals surface area contributed by atoms with Crippen molar-refractivity contribution in [2.24, 2.45) is 28.6 Å². The first-order valence-corrected chi connectivity index (χ1v) is 11.4. The van der Waals surface area contributed by atoms with Gasteiger partial charge in [0.05, 0.1) is 6.10 Å². The minimum absolute atomic E-state index is 0.0368.